The van der Waals surface area contributed by atoms with Crippen molar-refractivity contribution in [3.8, 4) is 0 Å². The summed E-state index contributed by atoms with van der Waals surface area (Å²) in [4.78, 5) is 11.2. The van der Waals surface area contributed by atoms with Gasteiger partial charge in [-0.25, -0.2) is 5.84 Å². The summed E-state index contributed by atoms with van der Waals surface area (Å²) in [5, 5.41) is 0.717. The van der Waals surface area contributed by atoms with Crippen LogP contribution in [0.1, 0.15) is 17.9 Å². The fourth-order valence-corrected chi connectivity index (χ4v) is 1.80. The van der Waals surface area contributed by atoms with Crippen molar-refractivity contribution in [1.82, 2.24) is 5.43 Å². The van der Waals surface area contributed by atoms with Gasteiger partial charge in [0, 0.05) is 10.9 Å². The number of hydrogen-bond acceptors (Lipinski definition) is 2. The third-order valence-electron chi connectivity index (χ3n) is 2.57. The maximum absolute atomic E-state index is 11.2. The molecule has 1 saturated carbocycles. The highest BCUT2D eigenvalue weighted by Gasteiger charge is 2.43. The largest absolute Gasteiger partial charge is 0.294 e. The molecule has 0 heterocycles. The molecule has 3 nitrogen and oxygen atoms in total. The summed E-state index contributed by atoms with van der Waals surface area (Å²) in [5.74, 6) is 5.34. The molecule has 14 heavy (non-hydrogen) atoms. The van der Waals surface area contributed by atoms with Crippen LogP contribution >= 0.6 is 11.6 Å². The van der Waals surface area contributed by atoms with Crippen LogP contribution in [0.5, 0.6) is 0 Å². The number of carbonyl (C=O) groups is 1. The van der Waals surface area contributed by atoms with E-state index in [1.54, 1.807) is 0 Å². The van der Waals surface area contributed by atoms with E-state index in [1.807, 2.05) is 24.3 Å². The van der Waals surface area contributed by atoms with Crippen LogP contribution in [0.3, 0.4) is 0 Å². The highest BCUT2D eigenvalue weighted by atomic mass is 35.5. The summed E-state index contributed by atoms with van der Waals surface area (Å²) in [6.07, 6.45) is 0.880. The number of hydrogen-bond donors (Lipinski definition) is 2. The maximum atomic E-state index is 11.2. The van der Waals surface area contributed by atoms with Crippen LogP contribution in [0.2, 0.25) is 5.02 Å². The van der Waals surface area contributed by atoms with Crippen molar-refractivity contribution >= 4 is 17.5 Å². The molecule has 1 aliphatic carbocycles. The van der Waals surface area contributed by atoms with Gasteiger partial charge in [-0.3, -0.25) is 10.2 Å². The van der Waals surface area contributed by atoms with Crippen LogP contribution in [0.15, 0.2) is 24.3 Å². The van der Waals surface area contributed by atoms with Crippen molar-refractivity contribution in [1.29, 1.82) is 0 Å². The molecule has 2 rings (SSSR count). The van der Waals surface area contributed by atoms with Crippen molar-refractivity contribution in [2.75, 3.05) is 0 Å². The second kappa shape index (κ2) is 3.59. The van der Waals surface area contributed by atoms with Gasteiger partial charge < -0.3 is 0 Å². The summed E-state index contributed by atoms with van der Waals surface area (Å²) in [5.41, 5.74) is 3.33. The fraction of sp³-hybridized carbons (Fsp3) is 0.300. The number of benzene rings is 1. The highest BCUT2D eigenvalue weighted by molar-refractivity contribution is 6.30. The van der Waals surface area contributed by atoms with Crippen molar-refractivity contribution < 1.29 is 4.79 Å². The topological polar surface area (TPSA) is 55.1 Å². The Kier molecular flexibility index (Phi) is 2.44. The first kappa shape index (κ1) is 9.49. The van der Waals surface area contributed by atoms with E-state index < -0.39 is 0 Å². The van der Waals surface area contributed by atoms with Gasteiger partial charge in [-0.1, -0.05) is 23.7 Å². The Balaban J connectivity index is 2.06. The Morgan fingerprint density at radius 3 is 2.64 bits per heavy atom. The van der Waals surface area contributed by atoms with Crippen molar-refractivity contribution in [2.45, 2.75) is 12.3 Å². The zero-order chi connectivity index (χ0) is 10.1. The molecule has 1 aromatic carbocycles. The molecule has 0 aromatic heterocycles. The van der Waals surface area contributed by atoms with Crippen LogP contribution in [0, 0.1) is 5.92 Å². The lowest BCUT2D eigenvalue weighted by Crippen LogP contribution is -2.31. The first-order valence-electron chi connectivity index (χ1n) is 4.48. The molecule has 1 aromatic rings. The van der Waals surface area contributed by atoms with Gasteiger partial charge in [0.15, 0.2) is 0 Å². The molecule has 0 aliphatic heterocycles. The van der Waals surface area contributed by atoms with Gasteiger partial charge in [0.05, 0.1) is 0 Å². The first-order chi connectivity index (χ1) is 6.72. The third kappa shape index (κ3) is 1.74. The van der Waals surface area contributed by atoms with Gasteiger partial charge in [0.25, 0.3) is 0 Å². The molecule has 0 radical (unpaired) electrons. The number of carbonyl (C=O) groups excluding carboxylic acids is 1. The number of amides is 1. The molecule has 0 unspecified atom stereocenters. The third-order valence-corrected chi connectivity index (χ3v) is 2.82. The number of hydrazine groups is 1. The number of nitrogens with one attached hydrogen (secondary N) is 1. The second-order valence-corrected chi connectivity index (χ2v) is 3.95. The maximum Gasteiger partial charge on any atom is 0.237 e. The molecule has 0 bridgehead atoms. The van der Waals surface area contributed by atoms with Crippen molar-refractivity contribution in [2.24, 2.45) is 11.8 Å². The second-order valence-electron chi connectivity index (χ2n) is 3.51. The van der Waals surface area contributed by atoms with E-state index in [4.69, 9.17) is 17.4 Å². The molecule has 1 amide bonds. The first-order valence-corrected chi connectivity index (χ1v) is 4.86. The molecule has 4 heteroatoms. The number of rotatable bonds is 2. The van der Waals surface area contributed by atoms with Crippen LogP contribution in [-0.2, 0) is 4.79 Å². The van der Waals surface area contributed by atoms with Gasteiger partial charge in [0.2, 0.25) is 5.91 Å². The summed E-state index contributed by atoms with van der Waals surface area (Å²) < 4.78 is 0. The fourth-order valence-electron chi connectivity index (χ4n) is 1.67. The molecular formula is C10H11ClN2O. The van der Waals surface area contributed by atoms with Crippen LogP contribution in [0.25, 0.3) is 0 Å². The quantitative estimate of drug-likeness (QED) is 0.441. The Bertz CT molecular complexity index is 350. The average Bonchev–Trinajstić information content (AvgIpc) is 2.98. The Hall–Kier alpha value is -1.06. The lowest BCUT2D eigenvalue weighted by molar-refractivity contribution is -0.122. The lowest BCUT2D eigenvalue weighted by atomic mass is 10.1. The number of halogens is 1. The minimum Gasteiger partial charge on any atom is -0.294 e. The van der Waals surface area contributed by atoms with Crippen LogP contribution < -0.4 is 11.3 Å². The highest BCUT2D eigenvalue weighted by Crippen LogP contribution is 2.47. The van der Waals surface area contributed by atoms with Crippen LogP contribution in [0.4, 0.5) is 0 Å². The summed E-state index contributed by atoms with van der Waals surface area (Å²) in [7, 11) is 0. The normalized spacial score (nSPS) is 24.4. The minimum absolute atomic E-state index is 0.0428. The van der Waals surface area contributed by atoms with E-state index in [-0.39, 0.29) is 11.8 Å². The molecule has 1 fully saturated rings. The molecular weight excluding hydrogens is 200 g/mol. The van der Waals surface area contributed by atoms with E-state index >= 15 is 0 Å². The molecule has 0 saturated heterocycles. The minimum atomic E-state index is -0.0788. The smallest absolute Gasteiger partial charge is 0.237 e. The number of nitrogens with two attached hydrogens (primary N) is 1. The zero-order valence-electron chi connectivity index (χ0n) is 7.53. The Morgan fingerprint density at radius 1 is 1.43 bits per heavy atom. The Labute approximate surface area is 87.2 Å². The lowest BCUT2D eigenvalue weighted by Gasteiger charge is -1.99. The van der Waals surface area contributed by atoms with E-state index in [0.717, 1.165) is 12.0 Å². The zero-order valence-corrected chi connectivity index (χ0v) is 8.29. The van der Waals surface area contributed by atoms with Gasteiger partial charge in [-0.05, 0) is 30.0 Å². The molecule has 1 aliphatic rings. The van der Waals surface area contributed by atoms with Gasteiger partial charge >= 0.3 is 0 Å². The van der Waals surface area contributed by atoms with E-state index in [9.17, 15) is 4.79 Å². The van der Waals surface area contributed by atoms with Crippen LogP contribution in [-0.4, -0.2) is 5.91 Å². The van der Waals surface area contributed by atoms with Gasteiger partial charge in [0.1, 0.15) is 0 Å². The molecule has 2 atom stereocenters. The summed E-state index contributed by atoms with van der Waals surface area (Å²) in [6.45, 7) is 0. The van der Waals surface area contributed by atoms with Crippen molar-refractivity contribution in [3.63, 3.8) is 0 Å². The average molecular weight is 211 g/mol. The van der Waals surface area contributed by atoms with Crippen molar-refractivity contribution in [3.05, 3.63) is 34.9 Å². The standard InChI is InChI=1S/C10H11ClN2O/c11-7-3-1-6(2-4-7)8-5-9(8)10(14)13-12/h1-4,8-9H,5,12H2,(H,13,14)/t8-,9+/m1/s1. The SMILES string of the molecule is NNC(=O)[C@H]1C[C@@H]1c1ccc(Cl)cc1. The van der Waals surface area contributed by atoms with E-state index in [0.29, 0.717) is 10.9 Å². The van der Waals surface area contributed by atoms with Gasteiger partial charge in [-0.15, -0.1) is 0 Å². The summed E-state index contributed by atoms with van der Waals surface area (Å²) in [6, 6.07) is 7.59. The van der Waals surface area contributed by atoms with Gasteiger partial charge in [-0.2, -0.15) is 0 Å². The molecule has 3 N–H and O–H groups in total. The predicted molar refractivity (Wildman–Crippen MR) is 54.6 cm³/mol. The van der Waals surface area contributed by atoms with E-state index in [2.05, 4.69) is 5.43 Å². The summed E-state index contributed by atoms with van der Waals surface area (Å²) >= 11 is 5.76. The van der Waals surface area contributed by atoms with E-state index in [1.165, 1.54) is 0 Å². The molecule has 74 valence electrons. The Morgan fingerprint density at radius 2 is 2.07 bits per heavy atom. The monoisotopic (exact) mass is 210 g/mol. The molecule has 0 spiro atoms. The predicted octanol–water partition coefficient (Wildman–Crippen LogP) is 1.43.